The van der Waals surface area contributed by atoms with Crippen LogP contribution in [0.2, 0.25) is 0 Å². The number of aryl methyl sites for hydroxylation is 1. The van der Waals surface area contributed by atoms with E-state index < -0.39 is 0 Å². The average Bonchev–Trinajstić information content (AvgIpc) is 3.86. The normalized spacial score (nSPS) is 14.2. The molecule has 2 aromatic heterocycles. The van der Waals surface area contributed by atoms with Crippen LogP contribution in [0.4, 0.5) is 0 Å². The van der Waals surface area contributed by atoms with Crippen LogP contribution in [0.25, 0.3) is 5.69 Å². The Morgan fingerprint density at radius 2 is 1.80 bits per heavy atom. The second-order valence-corrected chi connectivity index (χ2v) is 12.4. The standard InChI is InChI=1S/C34H32N6O4S2/c1-23-8-6-9-25(18-23)39-31(20-35-32(41)21-44-27-10-4-3-5-11-27)36-37-34(39)46-22-33(42)40-29(24-13-15-26(43-2)16-14-24)19-28(38-40)30-12-7-17-45-30/h3-18,29H,19-22H2,1-2H3,(H,35,41)/t29-/m0/s1. The lowest BCUT2D eigenvalue weighted by Crippen LogP contribution is -2.29. The van der Waals surface area contributed by atoms with Gasteiger partial charge < -0.3 is 14.8 Å². The molecule has 0 bridgehead atoms. The zero-order chi connectivity index (χ0) is 31.9. The Morgan fingerprint density at radius 3 is 2.54 bits per heavy atom. The fraction of sp³-hybridized carbons (Fsp3) is 0.206. The molecule has 0 aliphatic carbocycles. The summed E-state index contributed by atoms with van der Waals surface area (Å²) in [7, 11) is 1.63. The number of nitrogens with zero attached hydrogens (tertiary/aromatic N) is 5. The van der Waals surface area contributed by atoms with Gasteiger partial charge in [0.1, 0.15) is 11.5 Å². The zero-order valence-corrected chi connectivity index (χ0v) is 27.0. The molecule has 0 unspecified atom stereocenters. The first-order chi connectivity index (χ1) is 22.5. The highest BCUT2D eigenvalue weighted by Crippen LogP contribution is 2.35. The van der Waals surface area contributed by atoms with Gasteiger partial charge in [0, 0.05) is 12.1 Å². The second kappa shape index (κ2) is 14.4. The van der Waals surface area contributed by atoms with Crippen LogP contribution in [0.15, 0.2) is 107 Å². The molecule has 0 saturated carbocycles. The van der Waals surface area contributed by atoms with Gasteiger partial charge in [0.05, 0.1) is 36.0 Å². The highest BCUT2D eigenvalue weighted by molar-refractivity contribution is 7.99. The number of carbonyl (C=O) groups excluding carboxylic acids is 2. The number of aromatic nitrogens is 3. The molecule has 0 fully saturated rings. The summed E-state index contributed by atoms with van der Waals surface area (Å²) in [6.45, 7) is 2.01. The van der Waals surface area contributed by atoms with E-state index in [9.17, 15) is 9.59 Å². The molecule has 1 atom stereocenters. The summed E-state index contributed by atoms with van der Waals surface area (Å²) in [6.07, 6.45) is 0.612. The summed E-state index contributed by atoms with van der Waals surface area (Å²) in [5, 5.41) is 20.6. The van der Waals surface area contributed by atoms with Crippen LogP contribution in [-0.2, 0) is 16.1 Å². The Balaban J connectivity index is 1.19. The Kier molecular flexibility index (Phi) is 9.75. The van der Waals surface area contributed by atoms with Crippen molar-refractivity contribution in [3.05, 3.63) is 118 Å². The summed E-state index contributed by atoms with van der Waals surface area (Å²) < 4.78 is 12.8. The molecule has 0 saturated heterocycles. The topological polar surface area (TPSA) is 111 Å². The maximum Gasteiger partial charge on any atom is 0.258 e. The van der Waals surface area contributed by atoms with Crippen molar-refractivity contribution >= 4 is 40.6 Å². The van der Waals surface area contributed by atoms with Crippen LogP contribution >= 0.6 is 23.1 Å². The van der Waals surface area contributed by atoms with Crippen LogP contribution in [0, 0.1) is 6.92 Å². The molecule has 1 aliphatic rings. The van der Waals surface area contributed by atoms with Crippen LogP contribution < -0.4 is 14.8 Å². The van der Waals surface area contributed by atoms with E-state index in [1.165, 1.54) is 11.8 Å². The molecule has 0 spiro atoms. The molecule has 2 amide bonds. The smallest absolute Gasteiger partial charge is 0.258 e. The number of hydrazone groups is 1. The molecule has 0 radical (unpaired) electrons. The summed E-state index contributed by atoms with van der Waals surface area (Å²) >= 11 is 2.89. The molecule has 5 aromatic rings. The molecule has 1 N–H and O–H groups in total. The Morgan fingerprint density at radius 1 is 0.978 bits per heavy atom. The molecule has 234 valence electrons. The summed E-state index contributed by atoms with van der Waals surface area (Å²) in [5.74, 6) is 1.55. The number of thiophene rings is 1. The fourth-order valence-corrected chi connectivity index (χ4v) is 6.58. The van der Waals surface area contributed by atoms with Gasteiger partial charge in [-0.1, -0.05) is 60.3 Å². The van der Waals surface area contributed by atoms with Gasteiger partial charge in [-0.05, 0) is 65.9 Å². The number of amides is 2. The number of methoxy groups -OCH3 is 1. The molecular formula is C34H32N6O4S2. The zero-order valence-electron chi connectivity index (χ0n) is 25.3. The number of hydrogen-bond donors (Lipinski definition) is 1. The van der Waals surface area contributed by atoms with Crippen LogP contribution in [0.1, 0.15) is 34.3 Å². The summed E-state index contributed by atoms with van der Waals surface area (Å²) in [6, 6.07) is 28.6. The van der Waals surface area contributed by atoms with Crippen molar-refractivity contribution < 1.29 is 19.1 Å². The number of ether oxygens (including phenoxy) is 2. The van der Waals surface area contributed by atoms with Gasteiger partial charge >= 0.3 is 0 Å². The van der Waals surface area contributed by atoms with Crippen molar-refractivity contribution in [2.45, 2.75) is 31.1 Å². The highest BCUT2D eigenvalue weighted by atomic mass is 32.2. The number of para-hydroxylation sites is 1. The number of rotatable bonds is 12. The highest BCUT2D eigenvalue weighted by Gasteiger charge is 2.33. The third kappa shape index (κ3) is 7.30. The lowest BCUT2D eigenvalue weighted by atomic mass is 10.0. The first kappa shape index (κ1) is 31.1. The van der Waals surface area contributed by atoms with E-state index >= 15 is 0 Å². The number of nitrogens with one attached hydrogen (secondary N) is 1. The quantitative estimate of drug-likeness (QED) is 0.169. The van der Waals surface area contributed by atoms with Crippen LogP contribution in [-0.4, -0.2) is 56.8 Å². The first-order valence-corrected chi connectivity index (χ1v) is 16.5. The summed E-state index contributed by atoms with van der Waals surface area (Å²) in [4.78, 5) is 27.4. The molecule has 46 heavy (non-hydrogen) atoms. The Bertz CT molecular complexity index is 1820. The maximum atomic E-state index is 13.8. The van der Waals surface area contributed by atoms with Crippen molar-refractivity contribution in [2.75, 3.05) is 19.5 Å². The van der Waals surface area contributed by atoms with Gasteiger partial charge in [-0.3, -0.25) is 14.2 Å². The van der Waals surface area contributed by atoms with Crippen LogP contribution in [0.3, 0.4) is 0 Å². The van der Waals surface area contributed by atoms with Crippen molar-refractivity contribution in [3.8, 4) is 17.2 Å². The average molecular weight is 653 g/mol. The minimum absolute atomic E-state index is 0.0924. The molecule has 12 heteroatoms. The number of thioether (sulfide) groups is 1. The third-order valence-corrected chi connectivity index (χ3v) is 9.15. The Labute approximate surface area is 275 Å². The molecular weight excluding hydrogens is 621 g/mol. The molecule has 1 aliphatic heterocycles. The predicted octanol–water partition coefficient (Wildman–Crippen LogP) is 5.81. The van der Waals surface area contributed by atoms with E-state index in [0.29, 0.717) is 23.2 Å². The number of carbonyl (C=O) groups is 2. The van der Waals surface area contributed by atoms with E-state index in [2.05, 4.69) is 15.5 Å². The van der Waals surface area contributed by atoms with E-state index in [1.54, 1.807) is 35.6 Å². The number of benzene rings is 3. The molecule has 3 aromatic carbocycles. The monoisotopic (exact) mass is 652 g/mol. The van der Waals surface area contributed by atoms with Crippen molar-refractivity contribution in [2.24, 2.45) is 5.10 Å². The molecule has 10 nitrogen and oxygen atoms in total. The third-order valence-electron chi connectivity index (χ3n) is 7.31. The second-order valence-electron chi connectivity index (χ2n) is 10.5. The van der Waals surface area contributed by atoms with E-state index in [-0.39, 0.29) is 36.8 Å². The van der Waals surface area contributed by atoms with Gasteiger partial charge in [-0.2, -0.15) is 5.10 Å². The molecule has 6 rings (SSSR count). The SMILES string of the molecule is COc1ccc([C@@H]2CC(c3cccs3)=NN2C(=O)CSc2nnc(CNC(=O)COc3ccccc3)n2-c2cccc(C)c2)cc1. The van der Waals surface area contributed by atoms with E-state index in [4.69, 9.17) is 14.6 Å². The van der Waals surface area contributed by atoms with Gasteiger partial charge in [0.25, 0.3) is 11.8 Å². The largest absolute Gasteiger partial charge is 0.497 e. The predicted molar refractivity (Wildman–Crippen MR) is 179 cm³/mol. The van der Waals surface area contributed by atoms with Crippen LogP contribution in [0.5, 0.6) is 11.5 Å². The van der Waals surface area contributed by atoms with Gasteiger partial charge in [-0.25, -0.2) is 5.01 Å². The number of hydrogen-bond acceptors (Lipinski definition) is 9. The van der Waals surface area contributed by atoms with E-state index in [0.717, 1.165) is 33.2 Å². The minimum Gasteiger partial charge on any atom is -0.497 e. The van der Waals surface area contributed by atoms with Crippen molar-refractivity contribution in [3.63, 3.8) is 0 Å². The fourth-order valence-electron chi connectivity index (χ4n) is 5.04. The van der Waals surface area contributed by atoms with Gasteiger partial charge in [-0.15, -0.1) is 21.5 Å². The van der Waals surface area contributed by atoms with Crippen molar-refractivity contribution in [1.82, 2.24) is 25.1 Å². The minimum atomic E-state index is -0.287. The summed E-state index contributed by atoms with van der Waals surface area (Å²) in [5.41, 5.74) is 3.75. The maximum absolute atomic E-state index is 13.8. The lowest BCUT2D eigenvalue weighted by molar-refractivity contribution is -0.130. The Hall–Kier alpha value is -4.94. The molecule has 3 heterocycles. The first-order valence-electron chi connectivity index (χ1n) is 14.6. The van der Waals surface area contributed by atoms with E-state index in [1.807, 2.05) is 95.7 Å². The van der Waals surface area contributed by atoms with Gasteiger partial charge in [0.15, 0.2) is 17.6 Å². The van der Waals surface area contributed by atoms with Crippen molar-refractivity contribution in [1.29, 1.82) is 0 Å². The van der Waals surface area contributed by atoms with Gasteiger partial charge in [0.2, 0.25) is 0 Å². The lowest BCUT2D eigenvalue weighted by Gasteiger charge is -2.22.